The summed E-state index contributed by atoms with van der Waals surface area (Å²) >= 11 is 1.81. The van der Waals surface area contributed by atoms with E-state index in [-0.39, 0.29) is 5.91 Å². The number of rotatable bonds is 5. The van der Waals surface area contributed by atoms with Crippen LogP contribution in [-0.2, 0) is 11.2 Å². The van der Waals surface area contributed by atoms with Crippen LogP contribution in [0.2, 0.25) is 0 Å². The first-order chi connectivity index (χ1) is 8.25. The quantitative estimate of drug-likeness (QED) is 0.871. The highest BCUT2D eigenvalue weighted by molar-refractivity contribution is 7.09. The number of nitrogens with two attached hydrogens (primary N) is 1. The highest BCUT2D eigenvalue weighted by Crippen LogP contribution is 2.20. The fourth-order valence-electron chi connectivity index (χ4n) is 2.53. The van der Waals surface area contributed by atoms with E-state index < -0.39 is 0 Å². The van der Waals surface area contributed by atoms with Gasteiger partial charge in [-0.25, -0.2) is 0 Å². The molecule has 0 bridgehead atoms. The molecule has 1 aromatic rings. The predicted octanol–water partition coefficient (Wildman–Crippen LogP) is 2.02. The van der Waals surface area contributed by atoms with Gasteiger partial charge in [0.1, 0.15) is 0 Å². The molecule has 1 aliphatic heterocycles. The number of primary amides is 1. The molecule has 1 aromatic heterocycles. The van der Waals surface area contributed by atoms with Crippen LogP contribution in [0.4, 0.5) is 0 Å². The van der Waals surface area contributed by atoms with Gasteiger partial charge in [-0.2, -0.15) is 0 Å². The van der Waals surface area contributed by atoms with E-state index in [1.54, 1.807) is 0 Å². The Balaban J connectivity index is 1.85. The Labute approximate surface area is 107 Å². The molecule has 4 heteroatoms. The first-order valence-electron chi connectivity index (χ1n) is 6.30. The summed E-state index contributed by atoms with van der Waals surface area (Å²) in [5.74, 6) is -0.168. The highest BCUT2D eigenvalue weighted by Gasteiger charge is 2.23. The molecule has 1 saturated heterocycles. The zero-order valence-electron chi connectivity index (χ0n) is 10.1. The maximum absolute atomic E-state index is 11.0. The third kappa shape index (κ3) is 3.82. The normalized spacial score (nSPS) is 21.5. The molecule has 2 heterocycles. The van der Waals surface area contributed by atoms with Gasteiger partial charge < -0.3 is 5.73 Å². The Bertz CT molecular complexity index is 350. The molecular formula is C13H20N2OS. The van der Waals surface area contributed by atoms with Crippen molar-refractivity contribution in [1.82, 2.24) is 4.90 Å². The van der Waals surface area contributed by atoms with Crippen molar-refractivity contribution in [3.63, 3.8) is 0 Å². The van der Waals surface area contributed by atoms with E-state index in [0.29, 0.717) is 12.5 Å². The van der Waals surface area contributed by atoms with Crippen molar-refractivity contribution in [2.45, 2.75) is 38.1 Å². The second kappa shape index (κ2) is 6.17. The third-order valence-corrected chi connectivity index (χ3v) is 4.35. The summed E-state index contributed by atoms with van der Waals surface area (Å²) in [7, 11) is 0. The maximum atomic E-state index is 11.0. The molecule has 1 unspecified atom stereocenters. The number of thiophene rings is 1. The molecule has 2 rings (SSSR count). The first-order valence-corrected chi connectivity index (χ1v) is 7.18. The standard InChI is InChI=1S/C13H20N2OS/c14-13(16)10-11-4-1-2-7-15(11)8-6-12-5-3-9-17-12/h3,5,9,11H,1-2,4,6-8,10H2,(H2,14,16). The van der Waals surface area contributed by atoms with Crippen molar-refractivity contribution in [1.29, 1.82) is 0 Å². The maximum Gasteiger partial charge on any atom is 0.218 e. The van der Waals surface area contributed by atoms with Crippen LogP contribution in [0.3, 0.4) is 0 Å². The van der Waals surface area contributed by atoms with Gasteiger partial charge >= 0.3 is 0 Å². The zero-order chi connectivity index (χ0) is 12.1. The molecule has 0 radical (unpaired) electrons. The minimum Gasteiger partial charge on any atom is -0.370 e. The van der Waals surface area contributed by atoms with Crippen molar-refractivity contribution in [3.8, 4) is 0 Å². The average Bonchev–Trinajstić information content (AvgIpc) is 2.80. The topological polar surface area (TPSA) is 46.3 Å². The Kier molecular flexibility index (Phi) is 4.57. The monoisotopic (exact) mass is 252 g/mol. The number of amides is 1. The van der Waals surface area contributed by atoms with E-state index in [9.17, 15) is 4.79 Å². The smallest absolute Gasteiger partial charge is 0.218 e. The number of piperidine rings is 1. The van der Waals surface area contributed by atoms with E-state index in [1.807, 2.05) is 11.3 Å². The Morgan fingerprint density at radius 2 is 2.41 bits per heavy atom. The van der Waals surface area contributed by atoms with Crippen molar-refractivity contribution in [3.05, 3.63) is 22.4 Å². The van der Waals surface area contributed by atoms with Crippen LogP contribution >= 0.6 is 11.3 Å². The van der Waals surface area contributed by atoms with Crippen molar-refractivity contribution >= 4 is 17.2 Å². The summed E-state index contributed by atoms with van der Waals surface area (Å²) in [5, 5.41) is 2.12. The van der Waals surface area contributed by atoms with E-state index in [4.69, 9.17) is 5.73 Å². The summed E-state index contributed by atoms with van der Waals surface area (Å²) in [4.78, 5) is 14.9. The Morgan fingerprint density at radius 3 is 3.12 bits per heavy atom. The Morgan fingerprint density at radius 1 is 1.53 bits per heavy atom. The van der Waals surface area contributed by atoms with Crippen LogP contribution in [0, 0.1) is 0 Å². The molecule has 0 spiro atoms. The molecule has 2 N–H and O–H groups in total. The number of hydrogen-bond acceptors (Lipinski definition) is 3. The van der Waals surface area contributed by atoms with E-state index in [2.05, 4.69) is 22.4 Å². The van der Waals surface area contributed by atoms with E-state index in [0.717, 1.165) is 25.9 Å². The van der Waals surface area contributed by atoms with E-state index >= 15 is 0 Å². The zero-order valence-corrected chi connectivity index (χ0v) is 10.9. The lowest BCUT2D eigenvalue weighted by Gasteiger charge is -2.35. The van der Waals surface area contributed by atoms with Gasteiger partial charge in [0.15, 0.2) is 0 Å². The summed E-state index contributed by atoms with van der Waals surface area (Å²) in [6, 6.07) is 4.65. The summed E-state index contributed by atoms with van der Waals surface area (Å²) in [5.41, 5.74) is 5.31. The van der Waals surface area contributed by atoms with Crippen LogP contribution in [-0.4, -0.2) is 29.9 Å². The van der Waals surface area contributed by atoms with Gasteiger partial charge in [0.2, 0.25) is 5.91 Å². The molecule has 0 saturated carbocycles. The van der Waals surface area contributed by atoms with E-state index in [1.165, 1.54) is 17.7 Å². The van der Waals surface area contributed by atoms with Gasteiger partial charge in [0.25, 0.3) is 0 Å². The molecule has 1 fully saturated rings. The van der Waals surface area contributed by atoms with Gasteiger partial charge in [-0.1, -0.05) is 12.5 Å². The van der Waals surface area contributed by atoms with Gasteiger partial charge in [-0.15, -0.1) is 11.3 Å². The molecule has 1 atom stereocenters. The summed E-state index contributed by atoms with van der Waals surface area (Å²) in [6.07, 6.45) is 5.21. The summed E-state index contributed by atoms with van der Waals surface area (Å²) < 4.78 is 0. The molecule has 1 amide bonds. The SMILES string of the molecule is NC(=O)CC1CCCCN1CCc1cccs1. The van der Waals surface area contributed by atoms with Crippen LogP contribution in [0.15, 0.2) is 17.5 Å². The van der Waals surface area contributed by atoms with Gasteiger partial charge in [0.05, 0.1) is 0 Å². The lowest BCUT2D eigenvalue weighted by atomic mass is 9.99. The van der Waals surface area contributed by atoms with Crippen molar-refractivity contribution < 1.29 is 4.79 Å². The van der Waals surface area contributed by atoms with Crippen LogP contribution in [0.1, 0.15) is 30.6 Å². The van der Waals surface area contributed by atoms with Crippen LogP contribution in [0.25, 0.3) is 0 Å². The number of likely N-dealkylation sites (tertiary alicyclic amines) is 1. The molecule has 0 aliphatic carbocycles. The lowest BCUT2D eigenvalue weighted by Crippen LogP contribution is -2.42. The molecule has 17 heavy (non-hydrogen) atoms. The van der Waals surface area contributed by atoms with Crippen LogP contribution in [0.5, 0.6) is 0 Å². The number of hydrogen-bond donors (Lipinski definition) is 1. The number of carbonyl (C=O) groups is 1. The predicted molar refractivity (Wildman–Crippen MR) is 71.0 cm³/mol. The molecule has 1 aliphatic rings. The number of carbonyl (C=O) groups excluding carboxylic acids is 1. The fourth-order valence-corrected chi connectivity index (χ4v) is 3.22. The fraction of sp³-hybridized carbons (Fsp3) is 0.615. The van der Waals surface area contributed by atoms with Crippen molar-refractivity contribution in [2.75, 3.05) is 13.1 Å². The molecular weight excluding hydrogens is 232 g/mol. The highest BCUT2D eigenvalue weighted by atomic mass is 32.1. The molecule has 0 aromatic carbocycles. The van der Waals surface area contributed by atoms with Gasteiger partial charge in [-0.05, 0) is 37.3 Å². The summed E-state index contributed by atoms with van der Waals surface area (Å²) in [6.45, 7) is 2.17. The lowest BCUT2D eigenvalue weighted by molar-refractivity contribution is -0.119. The number of nitrogens with zero attached hydrogens (tertiary/aromatic N) is 1. The second-order valence-electron chi connectivity index (χ2n) is 4.69. The largest absolute Gasteiger partial charge is 0.370 e. The van der Waals surface area contributed by atoms with Gasteiger partial charge in [-0.3, -0.25) is 9.69 Å². The first kappa shape index (κ1) is 12.6. The van der Waals surface area contributed by atoms with Crippen LogP contribution < -0.4 is 5.73 Å². The molecule has 94 valence electrons. The molecule has 3 nitrogen and oxygen atoms in total. The Hall–Kier alpha value is -0.870. The second-order valence-corrected chi connectivity index (χ2v) is 5.72. The average molecular weight is 252 g/mol. The minimum atomic E-state index is -0.168. The third-order valence-electron chi connectivity index (χ3n) is 3.41. The van der Waals surface area contributed by atoms with Gasteiger partial charge in [0, 0.05) is 23.9 Å². The minimum absolute atomic E-state index is 0.168. The van der Waals surface area contributed by atoms with Crippen molar-refractivity contribution in [2.24, 2.45) is 5.73 Å².